The number of nitrogens with one attached hydrogen (secondary N) is 1. The Kier molecular flexibility index (Phi) is 10.3. The van der Waals surface area contributed by atoms with Crippen LogP contribution in [0.3, 0.4) is 0 Å². The molecule has 0 aromatic heterocycles. The second-order valence-electron chi connectivity index (χ2n) is 3.64. The van der Waals surface area contributed by atoms with E-state index in [9.17, 15) is 0 Å². The summed E-state index contributed by atoms with van der Waals surface area (Å²) in [6.45, 7) is 3.91. The second-order valence-corrected chi connectivity index (χ2v) is 3.64. The molecule has 0 radical (unpaired) electrons. The molecule has 4 heteroatoms. The first-order chi connectivity index (χ1) is 7.26. The summed E-state index contributed by atoms with van der Waals surface area (Å²) in [4.78, 5) is 0. The van der Waals surface area contributed by atoms with Crippen molar-refractivity contribution in [3.05, 3.63) is 0 Å². The van der Waals surface area contributed by atoms with E-state index < -0.39 is 0 Å². The van der Waals surface area contributed by atoms with Gasteiger partial charge >= 0.3 is 0 Å². The van der Waals surface area contributed by atoms with Crippen molar-refractivity contribution in [1.82, 2.24) is 5.32 Å². The van der Waals surface area contributed by atoms with Crippen LogP contribution >= 0.6 is 0 Å². The lowest BCUT2D eigenvalue weighted by Crippen LogP contribution is -2.40. The quantitative estimate of drug-likeness (QED) is 0.445. The van der Waals surface area contributed by atoms with Crippen molar-refractivity contribution in [3.8, 4) is 0 Å². The Morgan fingerprint density at radius 2 is 1.67 bits per heavy atom. The zero-order valence-corrected chi connectivity index (χ0v) is 10.4. The first-order valence-electron chi connectivity index (χ1n) is 5.54. The van der Waals surface area contributed by atoms with Crippen LogP contribution in [0.5, 0.6) is 0 Å². The Balaban J connectivity index is 3.33. The van der Waals surface area contributed by atoms with Crippen LogP contribution in [-0.4, -0.2) is 46.8 Å². The highest BCUT2D eigenvalue weighted by Crippen LogP contribution is 2.00. The Labute approximate surface area is 93.3 Å². The van der Waals surface area contributed by atoms with E-state index in [4.69, 9.17) is 14.2 Å². The maximum absolute atomic E-state index is 5.15. The third-order valence-corrected chi connectivity index (χ3v) is 2.36. The SMILES string of the molecule is COCCCCCNC(C)C(OC)OC. The number of ether oxygens (including phenoxy) is 3. The zero-order valence-electron chi connectivity index (χ0n) is 10.4. The van der Waals surface area contributed by atoms with Crippen molar-refractivity contribution >= 4 is 0 Å². The number of methoxy groups -OCH3 is 3. The molecule has 1 N–H and O–H groups in total. The summed E-state index contributed by atoms with van der Waals surface area (Å²) in [7, 11) is 5.05. The van der Waals surface area contributed by atoms with E-state index in [-0.39, 0.29) is 12.3 Å². The minimum absolute atomic E-state index is 0.163. The van der Waals surface area contributed by atoms with E-state index in [0.717, 1.165) is 26.0 Å². The summed E-state index contributed by atoms with van der Waals surface area (Å²) in [5.74, 6) is 0. The minimum Gasteiger partial charge on any atom is -0.385 e. The van der Waals surface area contributed by atoms with Crippen molar-refractivity contribution < 1.29 is 14.2 Å². The van der Waals surface area contributed by atoms with E-state index in [1.807, 2.05) is 0 Å². The molecule has 15 heavy (non-hydrogen) atoms. The van der Waals surface area contributed by atoms with E-state index in [1.165, 1.54) is 6.42 Å². The minimum atomic E-state index is -0.163. The molecular weight excluding hydrogens is 194 g/mol. The second kappa shape index (κ2) is 10.4. The van der Waals surface area contributed by atoms with Gasteiger partial charge in [0.25, 0.3) is 0 Å². The topological polar surface area (TPSA) is 39.7 Å². The summed E-state index contributed by atoms with van der Waals surface area (Å²) >= 11 is 0. The molecule has 0 aromatic carbocycles. The number of hydrogen-bond acceptors (Lipinski definition) is 4. The molecule has 0 fully saturated rings. The molecule has 92 valence electrons. The number of unbranched alkanes of at least 4 members (excludes halogenated alkanes) is 2. The zero-order chi connectivity index (χ0) is 11.5. The van der Waals surface area contributed by atoms with Gasteiger partial charge in [0.2, 0.25) is 0 Å². The molecule has 0 spiro atoms. The van der Waals surface area contributed by atoms with Crippen molar-refractivity contribution in [2.45, 2.75) is 38.5 Å². The fraction of sp³-hybridized carbons (Fsp3) is 1.00. The van der Waals surface area contributed by atoms with Crippen LogP contribution < -0.4 is 5.32 Å². The molecule has 4 nitrogen and oxygen atoms in total. The van der Waals surface area contributed by atoms with Gasteiger partial charge in [-0.3, -0.25) is 0 Å². The molecule has 0 rings (SSSR count). The molecule has 1 unspecified atom stereocenters. The Hall–Kier alpha value is -0.160. The fourth-order valence-electron chi connectivity index (χ4n) is 1.48. The van der Waals surface area contributed by atoms with Crippen LogP contribution in [0.2, 0.25) is 0 Å². The van der Waals surface area contributed by atoms with Gasteiger partial charge < -0.3 is 19.5 Å². The monoisotopic (exact) mass is 219 g/mol. The summed E-state index contributed by atoms with van der Waals surface area (Å²) in [6.07, 6.45) is 3.32. The van der Waals surface area contributed by atoms with Crippen molar-refractivity contribution in [3.63, 3.8) is 0 Å². The number of rotatable bonds is 10. The smallest absolute Gasteiger partial charge is 0.171 e. The van der Waals surface area contributed by atoms with Gasteiger partial charge in [0, 0.05) is 27.9 Å². The largest absolute Gasteiger partial charge is 0.385 e. The maximum atomic E-state index is 5.15. The maximum Gasteiger partial charge on any atom is 0.171 e. The third-order valence-electron chi connectivity index (χ3n) is 2.36. The summed E-state index contributed by atoms with van der Waals surface area (Å²) in [6, 6.07) is 0.224. The average molecular weight is 219 g/mol. The van der Waals surface area contributed by atoms with Crippen LogP contribution in [0, 0.1) is 0 Å². The Morgan fingerprint density at radius 3 is 2.20 bits per heavy atom. The van der Waals surface area contributed by atoms with Crippen LogP contribution in [0.15, 0.2) is 0 Å². The van der Waals surface area contributed by atoms with E-state index in [0.29, 0.717) is 0 Å². The molecule has 0 aliphatic carbocycles. The van der Waals surface area contributed by atoms with Gasteiger partial charge in [-0.05, 0) is 32.7 Å². The Morgan fingerprint density at radius 1 is 1.00 bits per heavy atom. The van der Waals surface area contributed by atoms with Crippen LogP contribution in [0.25, 0.3) is 0 Å². The Bertz CT molecular complexity index is 129. The molecule has 0 saturated heterocycles. The molecule has 1 atom stereocenters. The van der Waals surface area contributed by atoms with Gasteiger partial charge in [0.1, 0.15) is 0 Å². The van der Waals surface area contributed by atoms with Gasteiger partial charge in [-0.15, -0.1) is 0 Å². The summed E-state index contributed by atoms with van der Waals surface area (Å²) in [5.41, 5.74) is 0. The highest BCUT2D eigenvalue weighted by Gasteiger charge is 2.13. The molecule has 0 saturated carbocycles. The lowest BCUT2D eigenvalue weighted by Gasteiger charge is -2.22. The molecule has 0 aromatic rings. The third kappa shape index (κ3) is 7.73. The van der Waals surface area contributed by atoms with Crippen molar-refractivity contribution in [1.29, 1.82) is 0 Å². The van der Waals surface area contributed by atoms with Gasteiger partial charge in [-0.1, -0.05) is 0 Å². The predicted octanol–water partition coefficient (Wildman–Crippen LogP) is 1.40. The summed E-state index contributed by atoms with van der Waals surface area (Å²) in [5, 5.41) is 3.37. The molecule has 0 bridgehead atoms. The van der Waals surface area contributed by atoms with E-state index in [1.54, 1.807) is 21.3 Å². The van der Waals surface area contributed by atoms with Crippen LogP contribution in [-0.2, 0) is 14.2 Å². The molecular formula is C11H25NO3. The summed E-state index contributed by atoms with van der Waals surface area (Å²) < 4.78 is 15.3. The molecule has 0 amide bonds. The molecule has 0 heterocycles. The van der Waals surface area contributed by atoms with Gasteiger partial charge in [0.15, 0.2) is 6.29 Å². The molecule has 0 aliphatic heterocycles. The highest BCUT2D eigenvalue weighted by atomic mass is 16.7. The van der Waals surface area contributed by atoms with Crippen molar-refractivity contribution in [2.75, 3.05) is 34.5 Å². The predicted molar refractivity (Wildman–Crippen MR) is 61.0 cm³/mol. The average Bonchev–Trinajstić information content (AvgIpc) is 2.25. The fourth-order valence-corrected chi connectivity index (χ4v) is 1.48. The lowest BCUT2D eigenvalue weighted by molar-refractivity contribution is -0.119. The highest BCUT2D eigenvalue weighted by molar-refractivity contribution is 4.64. The van der Waals surface area contributed by atoms with Gasteiger partial charge in [0.05, 0.1) is 6.04 Å². The normalized spacial score (nSPS) is 13.4. The standard InChI is InChI=1S/C11H25NO3/c1-10(11(14-3)15-4)12-8-6-5-7-9-13-2/h10-12H,5-9H2,1-4H3. The van der Waals surface area contributed by atoms with Crippen molar-refractivity contribution in [2.24, 2.45) is 0 Å². The first kappa shape index (κ1) is 14.8. The van der Waals surface area contributed by atoms with E-state index in [2.05, 4.69) is 12.2 Å². The van der Waals surface area contributed by atoms with Crippen LogP contribution in [0.1, 0.15) is 26.2 Å². The van der Waals surface area contributed by atoms with E-state index >= 15 is 0 Å². The number of hydrogen-bond donors (Lipinski definition) is 1. The van der Waals surface area contributed by atoms with Crippen LogP contribution in [0.4, 0.5) is 0 Å². The van der Waals surface area contributed by atoms with Gasteiger partial charge in [-0.25, -0.2) is 0 Å². The lowest BCUT2D eigenvalue weighted by atomic mass is 10.2. The van der Waals surface area contributed by atoms with Gasteiger partial charge in [-0.2, -0.15) is 0 Å². The first-order valence-corrected chi connectivity index (χ1v) is 5.54. The molecule has 0 aliphatic rings.